The van der Waals surface area contributed by atoms with Gasteiger partial charge in [-0.1, -0.05) is 0 Å². The molecule has 0 aliphatic rings. The Balaban J connectivity index is 2.22. The van der Waals surface area contributed by atoms with E-state index in [-0.39, 0.29) is 22.6 Å². The first-order valence-corrected chi connectivity index (χ1v) is 7.14. The Morgan fingerprint density at radius 1 is 1.24 bits per heavy atom. The van der Waals surface area contributed by atoms with E-state index in [2.05, 4.69) is 0 Å². The van der Waals surface area contributed by atoms with Gasteiger partial charge in [0.2, 0.25) is 0 Å². The molecule has 0 aliphatic heterocycles. The SMILES string of the molecule is N#Cc1ccc(F)c(CS(=O)c2ccc([N+](=O)[O-])cc2)c1. The summed E-state index contributed by atoms with van der Waals surface area (Å²) in [5.74, 6) is -0.636. The van der Waals surface area contributed by atoms with Crippen LogP contribution in [0.2, 0.25) is 0 Å². The zero-order valence-corrected chi connectivity index (χ0v) is 11.5. The Morgan fingerprint density at radius 3 is 2.48 bits per heavy atom. The van der Waals surface area contributed by atoms with Gasteiger partial charge in [0.15, 0.2) is 0 Å². The second-order valence-electron chi connectivity index (χ2n) is 4.16. The van der Waals surface area contributed by atoms with Crippen LogP contribution < -0.4 is 0 Å². The van der Waals surface area contributed by atoms with Crippen LogP contribution in [0.3, 0.4) is 0 Å². The molecule has 0 fully saturated rings. The van der Waals surface area contributed by atoms with Gasteiger partial charge in [-0.15, -0.1) is 0 Å². The Labute approximate surface area is 122 Å². The molecule has 106 valence electrons. The second kappa shape index (κ2) is 6.24. The lowest BCUT2D eigenvalue weighted by atomic mass is 10.1. The van der Waals surface area contributed by atoms with Gasteiger partial charge in [0.1, 0.15) is 5.82 Å². The normalized spacial score (nSPS) is 11.6. The molecule has 2 rings (SSSR count). The maximum absolute atomic E-state index is 13.6. The number of hydrogen-bond acceptors (Lipinski definition) is 4. The number of nitriles is 1. The van der Waals surface area contributed by atoms with Crippen LogP contribution in [-0.4, -0.2) is 9.13 Å². The second-order valence-corrected chi connectivity index (χ2v) is 5.61. The average molecular weight is 304 g/mol. The lowest BCUT2D eigenvalue weighted by Gasteiger charge is -2.04. The molecule has 0 saturated carbocycles. The molecule has 1 atom stereocenters. The molecule has 0 aromatic heterocycles. The first kappa shape index (κ1) is 14.8. The third-order valence-corrected chi connectivity index (χ3v) is 4.14. The van der Waals surface area contributed by atoms with Gasteiger partial charge in [-0.05, 0) is 30.3 Å². The highest BCUT2D eigenvalue weighted by Gasteiger charge is 2.12. The quantitative estimate of drug-likeness (QED) is 0.642. The minimum Gasteiger partial charge on any atom is -0.258 e. The largest absolute Gasteiger partial charge is 0.269 e. The average Bonchev–Trinajstić information content (AvgIpc) is 2.49. The van der Waals surface area contributed by atoms with Crippen molar-refractivity contribution < 1.29 is 13.5 Å². The van der Waals surface area contributed by atoms with Crippen LogP contribution in [0, 0.1) is 27.3 Å². The van der Waals surface area contributed by atoms with Crippen molar-refractivity contribution in [3.05, 3.63) is 69.5 Å². The fourth-order valence-corrected chi connectivity index (χ4v) is 2.81. The summed E-state index contributed by atoms with van der Waals surface area (Å²) in [7, 11) is -1.55. The Hall–Kier alpha value is -2.59. The van der Waals surface area contributed by atoms with Crippen LogP contribution in [0.5, 0.6) is 0 Å². The molecule has 0 aliphatic carbocycles. The zero-order chi connectivity index (χ0) is 15.4. The van der Waals surface area contributed by atoms with Gasteiger partial charge in [0, 0.05) is 22.6 Å². The lowest BCUT2D eigenvalue weighted by Crippen LogP contribution is -2.00. The van der Waals surface area contributed by atoms with Crippen molar-refractivity contribution in [2.45, 2.75) is 10.6 Å². The third-order valence-electron chi connectivity index (χ3n) is 2.77. The van der Waals surface area contributed by atoms with Gasteiger partial charge >= 0.3 is 0 Å². The Kier molecular flexibility index (Phi) is 4.40. The van der Waals surface area contributed by atoms with Gasteiger partial charge in [-0.3, -0.25) is 14.3 Å². The molecule has 2 aromatic rings. The number of nitro benzene ring substituents is 1. The van der Waals surface area contributed by atoms with Crippen LogP contribution in [-0.2, 0) is 16.6 Å². The molecular formula is C14H9FN2O3S. The molecule has 0 amide bonds. The molecule has 0 N–H and O–H groups in total. The number of hydrogen-bond donors (Lipinski definition) is 0. The summed E-state index contributed by atoms with van der Waals surface area (Å²) in [4.78, 5) is 10.3. The van der Waals surface area contributed by atoms with Crippen molar-refractivity contribution in [1.29, 1.82) is 5.26 Å². The summed E-state index contributed by atoms with van der Waals surface area (Å²) in [5.41, 5.74) is 0.353. The predicted molar refractivity (Wildman–Crippen MR) is 74.3 cm³/mol. The standard InChI is InChI=1S/C14H9FN2O3S/c15-14-6-1-10(8-16)7-11(14)9-21(20)13-4-2-12(3-5-13)17(18)19/h1-7H,9H2. The number of nitrogens with zero attached hydrogens (tertiary/aromatic N) is 2. The molecular weight excluding hydrogens is 295 g/mol. The van der Waals surface area contributed by atoms with Crippen molar-refractivity contribution in [2.24, 2.45) is 0 Å². The Morgan fingerprint density at radius 2 is 1.90 bits per heavy atom. The van der Waals surface area contributed by atoms with Crippen LogP contribution in [0.4, 0.5) is 10.1 Å². The van der Waals surface area contributed by atoms with Gasteiger partial charge in [0.25, 0.3) is 5.69 Å². The molecule has 0 saturated heterocycles. The number of benzene rings is 2. The molecule has 2 aromatic carbocycles. The first-order chi connectivity index (χ1) is 10.0. The van der Waals surface area contributed by atoms with E-state index in [1.807, 2.05) is 6.07 Å². The summed E-state index contributed by atoms with van der Waals surface area (Å²) in [6, 6.07) is 11.0. The van der Waals surface area contributed by atoms with Crippen molar-refractivity contribution in [3.8, 4) is 6.07 Å². The molecule has 21 heavy (non-hydrogen) atoms. The zero-order valence-electron chi connectivity index (χ0n) is 10.7. The van der Waals surface area contributed by atoms with Crippen molar-refractivity contribution in [3.63, 3.8) is 0 Å². The first-order valence-electron chi connectivity index (χ1n) is 5.82. The minimum atomic E-state index is -1.55. The minimum absolute atomic E-state index is 0.0981. The topological polar surface area (TPSA) is 84.0 Å². The molecule has 1 unspecified atom stereocenters. The van der Waals surface area contributed by atoms with Gasteiger partial charge in [-0.25, -0.2) is 4.39 Å². The molecule has 7 heteroatoms. The van der Waals surface area contributed by atoms with E-state index in [9.17, 15) is 18.7 Å². The Bertz CT molecular complexity index is 754. The van der Waals surface area contributed by atoms with Crippen LogP contribution in [0.1, 0.15) is 11.1 Å². The van der Waals surface area contributed by atoms with Crippen LogP contribution >= 0.6 is 0 Å². The van der Waals surface area contributed by atoms with Gasteiger partial charge in [0.05, 0.1) is 33.1 Å². The lowest BCUT2D eigenvalue weighted by molar-refractivity contribution is -0.384. The highest BCUT2D eigenvalue weighted by atomic mass is 32.2. The molecule has 0 bridgehead atoms. The third kappa shape index (κ3) is 3.49. The summed E-state index contributed by atoms with van der Waals surface area (Å²) >= 11 is 0. The molecule has 0 spiro atoms. The highest BCUT2D eigenvalue weighted by molar-refractivity contribution is 7.84. The van der Waals surface area contributed by atoms with E-state index in [1.165, 1.54) is 36.4 Å². The summed E-state index contributed by atoms with van der Waals surface area (Å²) in [6.07, 6.45) is 0. The maximum atomic E-state index is 13.6. The van der Waals surface area contributed by atoms with Gasteiger partial charge < -0.3 is 0 Å². The maximum Gasteiger partial charge on any atom is 0.269 e. The van der Waals surface area contributed by atoms with E-state index < -0.39 is 21.5 Å². The number of halogens is 1. The van der Waals surface area contributed by atoms with E-state index in [1.54, 1.807) is 0 Å². The number of nitro groups is 1. The molecule has 5 nitrogen and oxygen atoms in total. The van der Waals surface area contributed by atoms with Crippen molar-refractivity contribution in [1.82, 2.24) is 0 Å². The summed E-state index contributed by atoms with van der Waals surface area (Å²) in [6.45, 7) is 0. The summed E-state index contributed by atoms with van der Waals surface area (Å²) < 4.78 is 25.8. The van der Waals surface area contributed by atoms with E-state index in [0.29, 0.717) is 4.90 Å². The van der Waals surface area contributed by atoms with E-state index >= 15 is 0 Å². The monoisotopic (exact) mass is 304 g/mol. The molecule has 0 heterocycles. The van der Waals surface area contributed by atoms with Crippen LogP contribution in [0.25, 0.3) is 0 Å². The van der Waals surface area contributed by atoms with Crippen molar-refractivity contribution in [2.75, 3.05) is 0 Å². The van der Waals surface area contributed by atoms with Gasteiger partial charge in [-0.2, -0.15) is 5.26 Å². The fraction of sp³-hybridized carbons (Fsp3) is 0.0714. The predicted octanol–water partition coefficient (Wildman–Crippen LogP) is 2.91. The van der Waals surface area contributed by atoms with Crippen LogP contribution in [0.15, 0.2) is 47.4 Å². The highest BCUT2D eigenvalue weighted by Crippen LogP contribution is 2.19. The fourth-order valence-electron chi connectivity index (χ4n) is 1.70. The smallest absolute Gasteiger partial charge is 0.258 e. The number of non-ortho nitro benzene ring substituents is 1. The summed E-state index contributed by atoms with van der Waals surface area (Å²) in [5, 5.41) is 19.3. The van der Waals surface area contributed by atoms with E-state index in [0.717, 1.165) is 6.07 Å². The van der Waals surface area contributed by atoms with Crippen molar-refractivity contribution >= 4 is 16.5 Å². The molecule has 0 radical (unpaired) electrons. The van der Waals surface area contributed by atoms with E-state index in [4.69, 9.17) is 5.26 Å². The number of rotatable bonds is 4.